The predicted molar refractivity (Wildman–Crippen MR) is 130 cm³/mol. The maximum Gasteiger partial charge on any atom is 0.229 e. The van der Waals surface area contributed by atoms with Crippen molar-refractivity contribution >= 4 is 45.2 Å². The first-order valence-electron chi connectivity index (χ1n) is 10.4. The van der Waals surface area contributed by atoms with Crippen molar-refractivity contribution in [1.82, 2.24) is 14.8 Å². The third kappa shape index (κ3) is 3.90. The largest absolute Gasteiger partial charge is 0.490 e. The van der Waals surface area contributed by atoms with E-state index in [9.17, 15) is 4.79 Å². The lowest BCUT2D eigenvalue weighted by atomic mass is 10.0. The number of aromatic nitrogens is 3. The van der Waals surface area contributed by atoms with Gasteiger partial charge < -0.3 is 9.47 Å². The van der Waals surface area contributed by atoms with Gasteiger partial charge in [0.2, 0.25) is 11.9 Å². The SMILES string of the molecule is CCOc1cc([C@@H]2CC(=O)Nc3ncnn32)cc(I)c1OCc1cccc2ccccc12. The zero-order chi connectivity index (χ0) is 22.1. The van der Waals surface area contributed by atoms with Crippen molar-refractivity contribution in [3.05, 3.63) is 75.6 Å². The second kappa shape index (κ2) is 8.78. The quantitative estimate of drug-likeness (QED) is 0.351. The van der Waals surface area contributed by atoms with E-state index < -0.39 is 0 Å². The van der Waals surface area contributed by atoms with Gasteiger partial charge in [-0.15, -0.1) is 0 Å². The van der Waals surface area contributed by atoms with Gasteiger partial charge >= 0.3 is 0 Å². The van der Waals surface area contributed by atoms with E-state index in [2.05, 4.69) is 62.3 Å². The molecule has 1 aliphatic heterocycles. The molecule has 2 heterocycles. The number of carbonyl (C=O) groups excluding carboxylic acids is 1. The van der Waals surface area contributed by atoms with Crippen LogP contribution >= 0.6 is 22.6 Å². The summed E-state index contributed by atoms with van der Waals surface area (Å²) in [5.41, 5.74) is 2.04. The Morgan fingerprint density at radius 3 is 2.88 bits per heavy atom. The van der Waals surface area contributed by atoms with E-state index in [4.69, 9.17) is 9.47 Å². The molecule has 1 atom stereocenters. The summed E-state index contributed by atoms with van der Waals surface area (Å²) in [6, 6.07) is 18.2. The van der Waals surface area contributed by atoms with Crippen LogP contribution in [0, 0.1) is 3.57 Å². The fourth-order valence-electron chi connectivity index (χ4n) is 4.02. The van der Waals surface area contributed by atoms with E-state index in [-0.39, 0.29) is 18.4 Å². The number of nitrogens with one attached hydrogen (secondary N) is 1. The molecule has 8 heteroatoms. The Morgan fingerprint density at radius 1 is 1.16 bits per heavy atom. The average molecular weight is 540 g/mol. The number of fused-ring (bicyclic) bond motifs is 2. The summed E-state index contributed by atoms with van der Waals surface area (Å²) in [6.45, 7) is 2.87. The molecular weight excluding hydrogens is 519 g/mol. The second-order valence-electron chi connectivity index (χ2n) is 7.49. The van der Waals surface area contributed by atoms with Crippen molar-refractivity contribution in [2.24, 2.45) is 0 Å². The smallest absolute Gasteiger partial charge is 0.229 e. The van der Waals surface area contributed by atoms with Gasteiger partial charge in [-0.05, 0) is 63.5 Å². The van der Waals surface area contributed by atoms with Gasteiger partial charge in [-0.3, -0.25) is 10.1 Å². The minimum atomic E-state index is -0.249. The van der Waals surface area contributed by atoms with E-state index in [1.807, 2.05) is 37.3 Å². The monoisotopic (exact) mass is 540 g/mol. The number of ether oxygens (including phenoxy) is 2. The Labute approximate surface area is 198 Å². The van der Waals surface area contributed by atoms with Crippen LogP contribution in [0.25, 0.3) is 10.8 Å². The van der Waals surface area contributed by atoms with E-state index in [0.717, 1.165) is 14.7 Å². The molecule has 32 heavy (non-hydrogen) atoms. The number of halogens is 1. The van der Waals surface area contributed by atoms with Crippen LogP contribution in [0.15, 0.2) is 60.9 Å². The molecule has 1 N–H and O–H groups in total. The van der Waals surface area contributed by atoms with Gasteiger partial charge in [0.1, 0.15) is 12.9 Å². The van der Waals surface area contributed by atoms with Crippen LogP contribution in [0.4, 0.5) is 5.95 Å². The predicted octanol–water partition coefficient (Wildman–Crippen LogP) is 4.95. The minimum Gasteiger partial charge on any atom is -0.490 e. The molecule has 0 spiro atoms. The number of hydrogen-bond acceptors (Lipinski definition) is 5. The molecule has 0 bridgehead atoms. The zero-order valence-electron chi connectivity index (χ0n) is 17.4. The van der Waals surface area contributed by atoms with E-state index in [1.165, 1.54) is 17.1 Å². The van der Waals surface area contributed by atoms with Gasteiger partial charge in [-0.25, -0.2) is 4.68 Å². The van der Waals surface area contributed by atoms with Crippen LogP contribution in [0.1, 0.15) is 30.5 Å². The number of amides is 1. The number of rotatable bonds is 6. The van der Waals surface area contributed by atoms with Crippen LogP contribution in [-0.4, -0.2) is 27.3 Å². The van der Waals surface area contributed by atoms with E-state index >= 15 is 0 Å². The minimum absolute atomic E-state index is 0.0836. The molecular formula is C24H21IN4O3. The number of carbonyl (C=O) groups is 1. The fraction of sp³-hybridized carbons (Fsp3) is 0.208. The molecule has 1 aliphatic rings. The lowest BCUT2D eigenvalue weighted by Gasteiger charge is -2.25. The molecule has 0 saturated heterocycles. The van der Waals surface area contributed by atoms with Crippen LogP contribution in [0.2, 0.25) is 0 Å². The van der Waals surface area contributed by atoms with E-state index in [0.29, 0.717) is 30.7 Å². The van der Waals surface area contributed by atoms with Gasteiger partial charge in [0.25, 0.3) is 0 Å². The van der Waals surface area contributed by atoms with Crippen LogP contribution < -0.4 is 14.8 Å². The lowest BCUT2D eigenvalue weighted by molar-refractivity contribution is -0.117. The highest BCUT2D eigenvalue weighted by atomic mass is 127. The van der Waals surface area contributed by atoms with Crippen molar-refractivity contribution in [2.45, 2.75) is 26.0 Å². The summed E-state index contributed by atoms with van der Waals surface area (Å²) in [5, 5.41) is 9.40. The molecule has 4 aromatic rings. The standard InChI is InChI=1S/C24H21IN4O3/c1-2-31-21-11-17(20-12-22(30)28-24-26-14-27-29(20)24)10-19(25)23(21)32-13-16-8-5-7-15-6-3-4-9-18(15)16/h3-11,14,20H,2,12-13H2,1H3,(H,26,27,28,30)/t20-/m0/s1. The van der Waals surface area contributed by atoms with Crippen molar-refractivity contribution in [1.29, 1.82) is 0 Å². The van der Waals surface area contributed by atoms with Crippen LogP contribution in [-0.2, 0) is 11.4 Å². The Kier molecular flexibility index (Phi) is 5.69. The third-order valence-corrected chi connectivity index (χ3v) is 6.27. The highest BCUT2D eigenvalue weighted by Crippen LogP contribution is 2.39. The molecule has 1 aromatic heterocycles. The first-order valence-corrected chi connectivity index (χ1v) is 11.5. The molecule has 0 unspecified atom stereocenters. The highest BCUT2D eigenvalue weighted by molar-refractivity contribution is 14.1. The first kappa shape index (κ1) is 20.7. The zero-order valence-corrected chi connectivity index (χ0v) is 19.6. The van der Waals surface area contributed by atoms with Gasteiger partial charge in [-0.1, -0.05) is 42.5 Å². The molecule has 7 nitrogen and oxygen atoms in total. The van der Waals surface area contributed by atoms with Crippen molar-refractivity contribution in [3.63, 3.8) is 0 Å². The first-order chi connectivity index (χ1) is 15.6. The fourth-order valence-corrected chi connectivity index (χ4v) is 4.80. The summed E-state index contributed by atoms with van der Waals surface area (Å²) in [7, 11) is 0. The summed E-state index contributed by atoms with van der Waals surface area (Å²) >= 11 is 2.26. The number of anilines is 1. The highest BCUT2D eigenvalue weighted by Gasteiger charge is 2.29. The van der Waals surface area contributed by atoms with Gasteiger partial charge in [-0.2, -0.15) is 10.1 Å². The topological polar surface area (TPSA) is 78.3 Å². The van der Waals surface area contributed by atoms with Crippen molar-refractivity contribution in [3.8, 4) is 11.5 Å². The van der Waals surface area contributed by atoms with E-state index in [1.54, 1.807) is 4.68 Å². The molecule has 1 amide bonds. The van der Waals surface area contributed by atoms with Crippen LogP contribution in [0.3, 0.4) is 0 Å². The van der Waals surface area contributed by atoms with Gasteiger partial charge in [0, 0.05) is 0 Å². The number of nitrogens with zero attached hydrogens (tertiary/aromatic N) is 3. The summed E-state index contributed by atoms with van der Waals surface area (Å²) in [6.07, 6.45) is 1.73. The number of hydrogen-bond donors (Lipinski definition) is 1. The summed E-state index contributed by atoms with van der Waals surface area (Å²) in [4.78, 5) is 16.3. The Bertz CT molecular complexity index is 1300. The molecule has 0 radical (unpaired) electrons. The molecule has 3 aromatic carbocycles. The van der Waals surface area contributed by atoms with Gasteiger partial charge in [0.15, 0.2) is 11.5 Å². The normalized spacial score (nSPS) is 15.3. The van der Waals surface area contributed by atoms with Crippen molar-refractivity contribution < 1.29 is 14.3 Å². The van der Waals surface area contributed by atoms with Gasteiger partial charge in [0.05, 0.1) is 22.6 Å². The molecule has 162 valence electrons. The maximum absolute atomic E-state index is 12.2. The lowest BCUT2D eigenvalue weighted by Crippen LogP contribution is -2.29. The molecule has 5 rings (SSSR count). The Morgan fingerprint density at radius 2 is 2.00 bits per heavy atom. The molecule has 0 fully saturated rings. The summed E-state index contributed by atoms with van der Waals surface area (Å²) < 4.78 is 14.9. The number of benzene rings is 3. The average Bonchev–Trinajstić information content (AvgIpc) is 3.26. The Hall–Kier alpha value is -3.14. The summed E-state index contributed by atoms with van der Waals surface area (Å²) in [5.74, 6) is 1.72. The molecule has 0 saturated carbocycles. The Balaban J connectivity index is 1.48. The van der Waals surface area contributed by atoms with Crippen LogP contribution in [0.5, 0.6) is 11.5 Å². The molecule has 0 aliphatic carbocycles. The third-order valence-electron chi connectivity index (χ3n) is 5.47. The maximum atomic E-state index is 12.2. The second-order valence-corrected chi connectivity index (χ2v) is 8.65. The van der Waals surface area contributed by atoms with Crippen molar-refractivity contribution in [2.75, 3.05) is 11.9 Å².